The molecule has 0 bridgehead atoms. The number of anilines is 2. The fourth-order valence-corrected chi connectivity index (χ4v) is 4.84. The second kappa shape index (κ2) is 12.1. The number of imidazole rings is 1. The molecule has 1 aliphatic carbocycles. The van der Waals surface area contributed by atoms with Gasteiger partial charge in [-0.05, 0) is 57.1 Å². The molecule has 3 N–H and O–H groups in total. The summed E-state index contributed by atoms with van der Waals surface area (Å²) in [6, 6.07) is 8.54. The zero-order valence-electron chi connectivity index (χ0n) is 22.9. The summed E-state index contributed by atoms with van der Waals surface area (Å²) in [6.45, 7) is 8.31. The summed E-state index contributed by atoms with van der Waals surface area (Å²) in [5.74, 6) is 0.308. The lowest BCUT2D eigenvalue weighted by Crippen LogP contribution is -2.42. The van der Waals surface area contributed by atoms with Gasteiger partial charge in [0.25, 0.3) is 0 Å². The van der Waals surface area contributed by atoms with Gasteiger partial charge in [0.1, 0.15) is 6.54 Å². The molecule has 10 heteroatoms. The number of hydrogen-bond donors (Lipinski definition) is 3. The van der Waals surface area contributed by atoms with Crippen molar-refractivity contribution >= 4 is 28.9 Å². The van der Waals surface area contributed by atoms with Crippen LogP contribution in [0, 0.1) is 0 Å². The zero-order valence-corrected chi connectivity index (χ0v) is 22.9. The molecule has 0 aliphatic heterocycles. The summed E-state index contributed by atoms with van der Waals surface area (Å²) in [6.07, 6.45) is 7.32. The first kappa shape index (κ1) is 27.8. The third kappa shape index (κ3) is 6.99. The van der Waals surface area contributed by atoms with Gasteiger partial charge < -0.3 is 24.8 Å². The zero-order chi connectivity index (χ0) is 27.3. The van der Waals surface area contributed by atoms with E-state index in [9.17, 15) is 15.0 Å². The molecule has 4 rings (SSSR count). The molecule has 3 aromatic rings. The van der Waals surface area contributed by atoms with E-state index in [4.69, 9.17) is 9.72 Å². The first-order valence-corrected chi connectivity index (χ1v) is 13.5. The van der Waals surface area contributed by atoms with E-state index < -0.39 is 18.0 Å². The van der Waals surface area contributed by atoms with Gasteiger partial charge in [-0.25, -0.2) is 4.98 Å². The SMILES string of the molecule is CCCNc1nc(N(Cc2ccc(C3CCCCC3)cc2)C(O)OC(C)(C)C)nc2c1ncn2CC(=O)O. The first-order valence-electron chi connectivity index (χ1n) is 13.5. The summed E-state index contributed by atoms with van der Waals surface area (Å²) in [7, 11) is 0. The van der Waals surface area contributed by atoms with E-state index in [1.54, 1.807) is 4.90 Å². The number of carboxylic acid groups (broad SMARTS) is 1. The van der Waals surface area contributed by atoms with Crippen LogP contribution in [0.4, 0.5) is 11.8 Å². The molecule has 2 aromatic heterocycles. The van der Waals surface area contributed by atoms with Gasteiger partial charge in [0.05, 0.1) is 18.5 Å². The molecular weight excluding hydrogens is 484 g/mol. The van der Waals surface area contributed by atoms with Gasteiger partial charge in [-0.15, -0.1) is 0 Å². The maximum atomic E-state index is 11.5. The Morgan fingerprint density at radius 2 is 1.89 bits per heavy atom. The molecule has 1 aromatic carbocycles. The van der Waals surface area contributed by atoms with E-state index in [1.807, 2.05) is 27.7 Å². The Labute approximate surface area is 224 Å². The summed E-state index contributed by atoms with van der Waals surface area (Å²) in [5.41, 5.74) is 2.56. The monoisotopic (exact) mass is 524 g/mol. The number of aliphatic hydroxyl groups excluding tert-OH is 1. The highest BCUT2D eigenvalue weighted by molar-refractivity contribution is 5.85. The minimum Gasteiger partial charge on any atom is -0.480 e. The Morgan fingerprint density at radius 3 is 2.53 bits per heavy atom. The Kier molecular flexibility index (Phi) is 8.83. The summed E-state index contributed by atoms with van der Waals surface area (Å²) < 4.78 is 7.39. The molecule has 1 fully saturated rings. The number of nitrogens with zero attached hydrogens (tertiary/aromatic N) is 5. The Bertz CT molecular complexity index is 1210. The van der Waals surface area contributed by atoms with Crippen LogP contribution in [0.15, 0.2) is 30.6 Å². The lowest BCUT2D eigenvalue weighted by Gasteiger charge is -2.33. The number of hydrogen-bond acceptors (Lipinski definition) is 8. The summed E-state index contributed by atoms with van der Waals surface area (Å²) in [4.78, 5) is 26.8. The maximum absolute atomic E-state index is 11.5. The molecule has 2 heterocycles. The Hall–Kier alpha value is -3.24. The van der Waals surface area contributed by atoms with Crippen LogP contribution in [-0.2, 0) is 22.6 Å². The number of nitrogens with one attached hydrogen (secondary N) is 1. The lowest BCUT2D eigenvalue weighted by molar-refractivity contribution is -0.166. The van der Waals surface area contributed by atoms with E-state index >= 15 is 0 Å². The minimum absolute atomic E-state index is 0.219. The van der Waals surface area contributed by atoms with Crippen molar-refractivity contribution in [3.63, 3.8) is 0 Å². The molecule has 10 nitrogen and oxygen atoms in total. The van der Waals surface area contributed by atoms with Crippen molar-refractivity contribution in [3.8, 4) is 0 Å². The molecule has 1 aliphatic rings. The molecule has 0 saturated heterocycles. The molecule has 1 atom stereocenters. The highest BCUT2D eigenvalue weighted by Gasteiger charge is 2.27. The fourth-order valence-electron chi connectivity index (χ4n) is 4.84. The van der Waals surface area contributed by atoms with Gasteiger partial charge in [-0.3, -0.25) is 9.69 Å². The van der Waals surface area contributed by atoms with Crippen LogP contribution in [0.3, 0.4) is 0 Å². The maximum Gasteiger partial charge on any atom is 0.323 e. The van der Waals surface area contributed by atoms with Crippen LogP contribution < -0.4 is 10.2 Å². The number of ether oxygens (including phenoxy) is 1. The number of carboxylic acids is 1. The number of aliphatic hydroxyl groups is 1. The number of rotatable bonds is 11. The van der Waals surface area contributed by atoms with Crippen LogP contribution in [-0.4, -0.2) is 54.3 Å². The largest absolute Gasteiger partial charge is 0.480 e. The summed E-state index contributed by atoms with van der Waals surface area (Å²) in [5, 5.41) is 23.9. The van der Waals surface area contributed by atoms with Crippen LogP contribution in [0.25, 0.3) is 11.2 Å². The number of aliphatic carboxylic acids is 1. The van der Waals surface area contributed by atoms with Gasteiger partial charge in [0.15, 0.2) is 17.0 Å². The highest BCUT2D eigenvalue weighted by Crippen LogP contribution is 2.33. The van der Waals surface area contributed by atoms with Crippen molar-refractivity contribution in [2.75, 3.05) is 16.8 Å². The predicted octanol–water partition coefficient (Wildman–Crippen LogP) is 4.88. The molecule has 206 valence electrons. The van der Waals surface area contributed by atoms with Crippen LogP contribution in [0.2, 0.25) is 0 Å². The van der Waals surface area contributed by atoms with Gasteiger partial charge in [-0.2, -0.15) is 9.97 Å². The standard InChI is InChI=1S/C28H40N6O4/c1-5-15-29-24-23-25(33(18-30-23)17-22(35)36)32-26(31-24)34(27(37)38-28(2,3)4)16-19-11-13-21(14-12-19)20-9-7-6-8-10-20/h11-14,18,20,27,37H,5-10,15-17H2,1-4H3,(H,35,36)(H,29,31,32). The molecule has 1 saturated carbocycles. The molecular formula is C28H40N6O4. The second-order valence-corrected chi connectivity index (χ2v) is 11.0. The average Bonchev–Trinajstić information content (AvgIpc) is 3.27. The number of benzene rings is 1. The highest BCUT2D eigenvalue weighted by atomic mass is 16.6. The summed E-state index contributed by atoms with van der Waals surface area (Å²) >= 11 is 0. The van der Waals surface area contributed by atoms with E-state index in [-0.39, 0.29) is 12.5 Å². The second-order valence-electron chi connectivity index (χ2n) is 11.0. The fraction of sp³-hybridized carbons (Fsp3) is 0.571. The van der Waals surface area contributed by atoms with E-state index in [1.165, 1.54) is 48.6 Å². The third-order valence-corrected chi connectivity index (χ3v) is 6.69. The number of carbonyl (C=O) groups is 1. The van der Waals surface area contributed by atoms with E-state index in [0.717, 1.165) is 12.0 Å². The average molecular weight is 525 g/mol. The lowest BCUT2D eigenvalue weighted by atomic mass is 9.84. The smallest absolute Gasteiger partial charge is 0.323 e. The van der Waals surface area contributed by atoms with Gasteiger partial charge >= 0.3 is 5.97 Å². The Morgan fingerprint density at radius 1 is 1.18 bits per heavy atom. The van der Waals surface area contributed by atoms with Crippen molar-refractivity contribution in [1.29, 1.82) is 0 Å². The van der Waals surface area contributed by atoms with Crippen LogP contribution in [0.5, 0.6) is 0 Å². The van der Waals surface area contributed by atoms with E-state index in [0.29, 0.717) is 36.0 Å². The van der Waals surface area contributed by atoms with Crippen molar-refractivity contribution in [3.05, 3.63) is 41.7 Å². The molecule has 1 unspecified atom stereocenters. The normalized spacial score (nSPS) is 15.5. The topological polar surface area (TPSA) is 126 Å². The van der Waals surface area contributed by atoms with Crippen molar-refractivity contribution in [1.82, 2.24) is 19.5 Å². The van der Waals surface area contributed by atoms with Gasteiger partial charge in [0.2, 0.25) is 12.4 Å². The van der Waals surface area contributed by atoms with Gasteiger partial charge in [-0.1, -0.05) is 50.5 Å². The number of aromatic nitrogens is 4. The predicted molar refractivity (Wildman–Crippen MR) is 147 cm³/mol. The molecule has 0 amide bonds. The quantitative estimate of drug-likeness (QED) is 0.301. The van der Waals surface area contributed by atoms with Gasteiger partial charge in [0, 0.05) is 6.54 Å². The molecule has 0 spiro atoms. The van der Waals surface area contributed by atoms with E-state index in [2.05, 4.69) is 39.6 Å². The number of fused-ring (bicyclic) bond motifs is 1. The third-order valence-electron chi connectivity index (χ3n) is 6.69. The minimum atomic E-state index is -1.33. The van der Waals surface area contributed by atoms with Crippen LogP contribution >= 0.6 is 0 Å². The van der Waals surface area contributed by atoms with Crippen LogP contribution in [0.1, 0.15) is 83.3 Å². The van der Waals surface area contributed by atoms with Crippen molar-refractivity contribution in [2.24, 2.45) is 0 Å². The first-order chi connectivity index (χ1) is 18.1. The molecule has 38 heavy (non-hydrogen) atoms. The van der Waals surface area contributed by atoms with Crippen molar-refractivity contribution < 1.29 is 19.7 Å². The molecule has 0 radical (unpaired) electrons. The van der Waals surface area contributed by atoms with Crippen molar-refractivity contribution in [2.45, 2.75) is 97.2 Å². The Balaban J connectivity index is 1.71.